The van der Waals surface area contributed by atoms with Crippen LogP contribution in [0, 0.1) is 6.92 Å². The zero-order valence-corrected chi connectivity index (χ0v) is 22.4. The number of ether oxygens (including phenoxy) is 4. The number of hydrogen-bond donors (Lipinski definition) is 0. The minimum Gasteiger partial charge on any atom is -0.476 e. The van der Waals surface area contributed by atoms with E-state index in [9.17, 15) is 9.59 Å². The lowest BCUT2D eigenvalue weighted by Gasteiger charge is -2.34. The van der Waals surface area contributed by atoms with Crippen molar-refractivity contribution in [3.63, 3.8) is 0 Å². The number of amides is 1. The van der Waals surface area contributed by atoms with Crippen LogP contribution in [0.5, 0.6) is 5.88 Å². The van der Waals surface area contributed by atoms with Gasteiger partial charge in [-0.1, -0.05) is 18.2 Å². The molecule has 1 atom stereocenters. The fourth-order valence-corrected chi connectivity index (χ4v) is 5.49. The van der Waals surface area contributed by atoms with E-state index >= 15 is 0 Å². The molecule has 1 aromatic carbocycles. The van der Waals surface area contributed by atoms with Gasteiger partial charge in [0.25, 0.3) is 0 Å². The molecule has 5 rings (SSSR count). The van der Waals surface area contributed by atoms with Crippen molar-refractivity contribution in [1.82, 2.24) is 9.47 Å². The number of pyridine rings is 1. The smallest absolute Gasteiger partial charge is 0.410 e. The number of rotatable bonds is 4. The largest absolute Gasteiger partial charge is 0.476 e. The Morgan fingerprint density at radius 1 is 1.11 bits per heavy atom. The molecule has 3 aliphatic rings. The van der Waals surface area contributed by atoms with Gasteiger partial charge in [0.15, 0.2) is 11.3 Å². The Balaban J connectivity index is 1.32. The molecular weight excluding hydrogens is 472 g/mol. The second kappa shape index (κ2) is 10.5. The molecule has 8 heteroatoms. The second-order valence-corrected chi connectivity index (χ2v) is 11.3. The molecule has 2 saturated heterocycles. The lowest BCUT2D eigenvalue weighted by molar-refractivity contribution is -0.102. The van der Waals surface area contributed by atoms with Crippen LogP contribution >= 0.6 is 0 Å². The van der Waals surface area contributed by atoms with Gasteiger partial charge in [0.2, 0.25) is 0 Å². The van der Waals surface area contributed by atoms with Crippen molar-refractivity contribution in [1.29, 1.82) is 0 Å². The quantitative estimate of drug-likeness (QED) is 0.611. The molecule has 2 aromatic rings. The maximum atomic E-state index is 12.9. The van der Waals surface area contributed by atoms with Crippen LogP contribution in [0.4, 0.5) is 4.79 Å². The first-order valence-corrected chi connectivity index (χ1v) is 13.4. The number of nitrogens with zero attached hydrogens (tertiary/aromatic N) is 2. The van der Waals surface area contributed by atoms with Gasteiger partial charge in [0.05, 0.1) is 25.5 Å². The molecular formula is C29H38N2O6. The fourth-order valence-electron chi connectivity index (χ4n) is 5.49. The normalized spacial score (nSPS) is 20.2. The molecule has 1 amide bonds. The van der Waals surface area contributed by atoms with E-state index in [4.69, 9.17) is 18.9 Å². The van der Waals surface area contributed by atoms with Crippen molar-refractivity contribution < 1.29 is 23.7 Å². The standard InChI is InChI=1S/C29H38N2O6/c1-19-25(32)16-26(36-18-23-17-34-13-14-35-23)31-12-9-22-15-21(5-6-24(22)27(19)31)20-7-10-30(11-8-20)28(33)37-29(2,3)4/h5-6,15-16,20,23H,7-14,17-18H2,1-4H3/t23-/m0/s1. The highest BCUT2D eigenvalue weighted by Crippen LogP contribution is 2.37. The molecule has 0 N–H and O–H groups in total. The number of carbonyl (C=O) groups excluding carboxylic acids is 1. The summed E-state index contributed by atoms with van der Waals surface area (Å²) in [7, 11) is 0. The Morgan fingerprint density at radius 3 is 2.59 bits per heavy atom. The van der Waals surface area contributed by atoms with E-state index in [1.165, 1.54) is 11.1 Å². The topological polar surface area (TPSA) is 79.2 Å². The number of aryl methyl sites for hydroxylation is 1. The second-order valence-electron chi connectivity index (χ2n) is 11.3. The number of fused-ring (bicyclic) bond motifs is 3. The van der Waals surface area contributed by atoms with E-state index in [1.54, 1.807) is 6.07 Å². The van der Waals surface area contributed by atoms with Crippen molar-refractivity contribution in [3.8, 4) is 17.1 Å². The highest BCUT2D eigenvalue weighted by molar-refractivity contribution is 5.70. The maximum absolute atomic E-state index is 12.9. The molecule has 0 unspecified atom stereocenters. The van der Waals surface area contributed by atoms with Crippen molar-refractivity contribution in [2.75, 3.05) is 39.5 Å². The van der Waals surface area contributed by atoms with E-state index in [-0.39, 0.29) is 17.6 Å². The monoisotopic (exact) mass is 510 g/mol. The van der Waals surface area contributed by atoms with E-state index < -0.39 is 5.60 Å². The van der Waals surface area contributed by atoms with Gasteiger partial charge in [-0.3, -0.25) is 4.79 Å². The number of hydrogen-bond acceptors (Lipinski definition) is 6. The molecule has 0 spiro atoms. The molecule has 0 bridgehead atoms. The van der Waals surface area contributed by atoms with Crippen LogP contribution in [0.3, 0.4) is 0 Å². The first-order chi connectivity index (χ1) is 17.7. The van der Waals surface area contributed by atoms with Gasteiger partial charge in [-0.15, -0.1) is 0 Å². The lowest BCUT2D eigenvalue weighted by atomic mass is 9.85. The third kappa shape index (κ3) is 5.70. The number of carbonyl (C=O) groups is 1. The van der Waals surface area contributed by atoms with Gasteiger partial charge in [-0.25, -0.2) is 4.79 Å². The summed E-state index contributed by atoms with van der Waals surface area (Å²) >= 11 is 0. The highest BCUT2D eigenvalue weighted by atomic mass is 16.6. The van der Waals surface area contributed by atoms with Crippen LogP contribution in [0.1, 0.15) is 56.2 Å². The summed E-state index contributed by atoms with van der Waals surface area (Å²) in [5, 5.41) is 0. The minimum absolute atomic E-state index is 0.0199. The van der Waals surface area contributed by atoms with Crippen molar-refractivity contribution in [2.24, 2.45) is 0 Å². The van der Waals surface area contributed by atoms with Gasteiger partial charge < -0.3 is 28.4 Å². The van der Waals surface area contributed by atoms with E-state index in [0.29, 0.717) is 51.3 Å². The molecule has 37 heavy (non-hydrogen) atoms. The maximum Gasteiger partial charge on any atom is 0.410 e. The van der Waals surface area contributed by atoms with Crippen LogP contribution in [-0.2, 0) is 27.2 Å². The first-order valence-electron chi connectivity index (χ1n) is 13.4. The molecule has 2 fully saturated rings. The van der Waals surface area contributed by atoms with E-state index in [2.05, 4.69) is 22.8 Å². The van der Waals surface area contributed by atoms with Crippen LogP contribution in [-0.4, -0.2) is 66.8 Å². The predicted molar refractivity (Wildman–Crippen MR) is 140 cm³/mol. The van der Waals surface area contributed by atoms with Gasteiger partial charge in [-0.2, -0.15) is 0 Å². The van der Waals surface area contributed by atoms with E-state index in [0.717, 1.165) is 42.6 Å². The molecule has 200 valence electrons. The average Bonchev–Trinajstić information content (AvgIpc) is 2.89. The van der Waals surface area contributed by atoms with Gasteiger partial charge >= 0.3 is 6.09 Å². The molecule has 8 nitrogen and oxygen atoms in total. The minimum atomic E-state index is -0.480. The molecule has 1 aromatic heterocycles. The van der Waals surface area contributed by atoms with Crippen molar-refractivity contribution in [3.05, 3.63) is 51.2 Å². The SMILES string of the molecule is Cc1c2n(c(OC[C@@H]3COCCO3)cc1=O)CCc1cc(C3CCN(C(=O)OC(C)(C)C)CC3)ccc1-2. The van der Waals surface area contributed by atoms with Crippen molar-refractivity contribution >= 4 is 6.09 Å². The predicted octanol–water partition coefficient (Wildman–Crippen LogP) is 4.29. The number of likely N-dealkylation sites (tertiary alicyclic amines) is 1. The van der Waals surface area contributed by atoms with E-state index in [1.807, 2.05) is 32.6 Å². The summed E-state index contributed by atoms with van der Waals surface area (Å²) < 4.78 is 24.9. The van der Waals surface area contributed by atoms with Gasteiger partial charge in [0.1, 0.15) is 18.3 Å². The third-order valence-corrected chi connectivity index (χ3v) is 7.42. The molecule has 4 heterocycles. The number of aromatic nitrogens is 1. The van der Waals surface area contributed by atoms with Crippen LogP contribution in [0.25, 0.3) is 11.3 Å². The zero-order valence-electron chi connectivity index (χ0n) is 22.4. The number of piperidine rings is 1. The van der Waals surface area contributed by atoms with Crippen LogP contribution < -0.4 is 10.2 Å². The van der Waals surface area contributed by atoms with Crippen molar-refractivity contribution in [2.45, 2.75) is 71.1 Å². The Hall–Kier alpha value is -2.84. The summed E-state index contributed by atoms with van der Waals surface area (Å²) in [5.74, 6) is 0.991. The Kier molecular flexibility index (Phi) is 7.32. The highest BCUT2D eigenvalue weighted by Gasteiger charge is 2.29. The number of benzene rings is 1. The third-order valence-electron chi connectivity index (χ3n) is 7.42. The first kappa shape index (κ1) is 25.8. The summed E-state index contributed by atoms with van der Waals surface area (Å²) in [6.07, 6.45) is 2.35. The lowest BCUT2D eigenvalue weighted by Crippen LogP contribution is -2.41. The fraction of sp³-hybridized carbons (Fsp3) is 0.586. The zero-order chi connectivity index (χ0) is 26.2. The summed E-state index contributed by atoms with van der Waals surface area (Å²) in [6, 6.07) is 8.24. The Morgan fingerprint density at radius 2 is 1.89 bits per heavy atom. The summed E-state index contributed by atoms with van der Waals surface area (Å²) in [4.78, 5) is 27.1. The Bertz CT molecular complexity index is 1200. The van der Waals surface area contributed by atoms with Crippen LogP contribution in [0.2, 0.25) is 0 Å². The van der Waals surface area contributed by atoms with Crippen LogP contribution in [0.15, 0.2) is 29.1 Å². The summed E-state index contributed by atoms with van der Waals surface area (Å²) in [5.41, 5.74) is 4.84. The summed E-state index contributed by atoms with van der Waals surface area (Å²) in [6.45, 7) is 11.8. The molecule has 0 aliphatic carbocycles. The average molecular weight is 511 g/mol. The molecule has 0 radical (unpaired) electrons. The Labute approximate surface area is 218 Å². The molecule has 3 aliphatic heterocycles. The van der Waals surface area contributed by atoms with Gasteiger partial charge in [0, 0.05) is 36.8 Å². The molecule has 0 saturated carbocycles. The van der Waals surface area contributed by atoms with Gasteiger partial charge in [-0.05, 0) is 64.0 Å².